The highest BCUT2D eigenvalue weighted by atomic mass is 16.5. The molecule has 0 amide bonds. The van der Waals surface area contributed by atoms with Crippen molar-refractivity contribution in [3.63, 3.8) is 0 Å². The van der Waals surface area contributed by atoms with Crippen molar-refractivity contribution in [2.45, 2.75) is 78.3 Å². The molecule has 1 aliphatic heterocycles. The Morgan fingerprint density at radius 1 is 1.33 bits per heavy atom. The summed E-state index contributed by atoms with van der Waals surface area (Å²) in [7, 11) is 1.68. The molecule has 1 aliphatic rings. The molecule has 0 aliphatic carbocycles. The van der Waals surface area contributed by atoms with Crippen LogP contribution in [0.2, 0.25) is 0 Å². The minimum absolute atomic E-state index is 0.103. The van der Waals surface area contributed by atoms with Crippen LogP contribution in [0.15, 0.2) is 18.2 Å². The second-order valence-corrected chi connectivity index (χ2v) is 8.27. The zero-order chi connectivity index (χ0) is 20.0. The summed E-state index contributed by atoms with van der Waals surface area (Å²) in [5.74, 6) is 1.15. The molecule has 1 aromatic carbocycles. The average Bonchev–Trinajstić information content (AvgIpc) is 2.63. The lowest BCUT2D eigenvalue weighted by atomic mass is 9.83. The van der Waals surface area contributed by atoms with Crippen molar-refractivity contribution >= 4 is 11.5 Å². The average molecular weight is 373 g/mol. The Labute approximate surface area is 164 Å². The third-order valence-corrected chi connectivity index (χ3v) is 5.46. The van der Waals surface area contributed by atoms with Crippen LogP contribution in [0, 0.1) is 5.92 Å². The number of nitrogens with one attached hydrogen (secondary N) is 1. The Bertz CT molecular complexity index is 692. The van der Waals surface area contributed by atoms with E-state index in [1.165, 1.54) is 18.4 Å². The highest BCUT2D eigenvalue weighted by Crippen LogP contribution is 2.34. The van der Waals surface area contributed by atoms with E-state index in [0.717, 1.165) is 48.3 Å². The molecule has 4 nitrogen and oxygen atoms in total. The maximum atomic E-state index is 13.0. The van der Waals surface area contributed by atoms with Crippen LogP contribution < -0.4 is 15.8 Å². The highest BCUT2D eigenvalue weighted by Gasteiger charge is 2.29. The van der Waals surface area contributed by atoms with Gasteiger partial charge >= 0.3 is 0 Å². The number of ketones is 1. The van der Waals surface area contributed by atoms with E-state index in [4.69, 9.17) is 10.5 Å². The van der Waals surface area contributed by atoms with E-state index in [9.17, 15) is 4.79 Å². The molecule has 27 heavy (non-hydrogen) atoms. The fraction of sp³-hybridized carbons (Fsp3) is 0.609. The van der Waals surface area contributed by atoms with Crippen LogP contribution in [0.1, 0.15) is 76.5 Å². The number of rotatable bonds is 9. The van der Waals surface area contributed by atoms with Gasteiger partial charge in [-0.05, 0) is 50.8 Å². The number of allylic oxidation sites excluding steroid dienone is 1. The van der Waals surface area contributed by atoms with Crippen molar-refractivity contribution in [1.29, 1.82) is 0 Å². The maximum absolute atomic E-state index is 13.0. The summed E-state index contributed by atoms with van der Waals surface area (Å²) < 4.78 is 5.51. The van der Waals surface area contributed by atoms with Gasteiger partial charge in [-0.15, -0.1) is 0 Å². The minimum atomic E-state index is -0.113. The van der Waals surface area contributed by atoms with Gasteiger partial charge in [-0.25, -0.2) is 0 Å². The van der Waals surface area contributed by atoms with Gasteiger partial charge in [0.25, 0.3) is 0 Å². The van der Waals surface area contributed by atoms with Crippen LogP contribution in [0.5, 0.6) is 5.75 Å². The monoisotopic (exact) mass is 372 g/mol. The van der Waals surface area contributed by atoms with E-state index in [0.29, 0.717) is 6.54 Å². The largest absolute Gasteiger partial charge is 0.496 e. The van der Waals surface area contributed by atoms with Crippen LogP contribution in [0.4, 0.5) is 0 Å². The van der Waals surface area contributed by atoms with Gasteiger partial charge in [-0.3, -0.25) is 4.79 Å². The van der Waals surface area contributed by atoms with Gasteiger partial charge in [0.15, 0.2) is 5.78 Å². The molecule has 3 N–H and O–H groups in total. The topological polar surface area (TPSA) is 64.3 Å². The van der Waals surface area contributed by atoms with Gasteiger partial charge in [0.05, 0.1) is 7.11 Å². The van der Waals surface area contributed by atoms with E-state index >= 15 is 0 Å². The zero-order valence-corrected chi connectivity index (χ0v) is 17.7. The lowest BCUT2D eigenvalue weighted by molar-refractivity contribution is -0.118. The van der Waals surface area contributed by atoms with Gasteiger partial charge in [-0.1, -0.05) is 33.1 Å². The summed E-state index contributed by atoms with van der Waals surface area (Å²) >= 11 is 0. The summed E-state index contributed by atoms with van der Waals surface area (Å²) in [6.07, 6.45) is 8.05. The first-order chi connectivity index (χ1) is 12.8. The fourth-order valence-corrected chi connectivity index (χ4v) is 3.93. The first-order valence-corrected chi connectivity index (χ1v) is 10.3. The van der Waals surface area contributed by atoms with Crippen molar-refractivity contribution in [3.05, 3.63) is 34.9 Å². The van der Waals surface area contributed by atoms with Crippen molar-refractivity contribution in [2.75, 3.05) is 7.11 Å². The molecule has 1 heterocycles. The van der Waals surface area contributed by atoms with Gasteiger partial charge in [0.2, 0.25) is 0 Å². The van der Waals surface area contributed by atoms with Gasteiger partial charge in [-0.2, -0.15) is 0 Å². The molecular weight excluding hydrogens is 336 g/mol. The summed E-state index contributed by atoms with van der Waals surface area (Å²) in [5.41, 5.74) is 9.95. The Morgan fingerprint density at radius 3 is 2.67 bits per heavy atom. The number of unbranched alkanes of at least 4 members (excludes halogenated alkanes) is 2. The predicted molar refractivity (Wildman–Crippen MR) is 113 cm³/mol. The molecule has 1 unspecified atom stereocenters. The van der Waals surface area contributed by atoms with E-state index < -0.39 is 0 Å². The number of hydrogen-bond donors (Lipinski definition) is 2. The Hall–Kier alpha value is -1.81. The molecule has 0 radical (unpaired) electrons. The molecule has 0 saturated heterocycles. The summed E-state index contributed by atoms with van der Waals surface area (Å²) in [6.45, 7) is 9.04. The van der Waals surface area contributed by atoms with Crippen molar-refractivity contribution in [2.24, 2.45) is 11.7 Å². The molecule has 0 bridgehead atoms. The Kier molecular flexibility index (Phi) is 7.49. The van der Waals surface area contributed by atoms with Gasteiger partial charge < -0.3 is 15.8 Å². The van der Waals surface area contributed by atoms with Crippen molar-refractivity contribution in [3.8, 4) is 5.75 Å². The molecule has 0 aromatic heterocycles. The molecule has 2 rings (SSSR count). The molecule has 1 atom stereocenters. The van der Waals surface area contributed by atoms with E-state index in [2.05, 4.69) is 45.1 Å². The summed E-state index contributed by atoms with van der Waals surface area (Å²) in [5, 5.41) is 3.57. The number of ether oxygens (including phenoxy) is 1. The molecule has 0 fully saturated rings. The van der Waals surface area contributed by atoms with E-state index in [1.807, 2.05) is 6.08 Å². The number of methoxy groups -OCH3 is 1. The number of nitrogens with two attached hydrogens (primary N) is 1. The zero-order valence-electron chi connectivity index (χ0n) is 17.7. The summed E-state index contributed by atoms with van der Waals surface area (Å²) in [4.78, 5) is 13.0. The minimum Gasteiger partial charge on any atom is -0.496 e. The summed E-state index contributed by atoms with van der Waals surface area (Å²) in [6, 6.07) is 4.16. The fourth-order valence-electron chi connectivity index (χ4n) is 3.93. The van der Waals surface area contributed by atoms with Crippen LogP contribution in [-0.2, 0) is 17.8 Å². The van der Waals surface area contributed by atoms with Crippen LogP contribution in [0.3, 0.4) is 0 Å². The molecule has 0 spiro atoms. The standard InChI is InChI=1S/C23H36N2O2/c1-6-8-9-10-16(7-2)21(26)13-20-19-11-18(15-24)22(27-5)12-17(19)14-23(3,4)25-20/h11-13,16,25H,6-10,14-15,24H2,1-5H3/b20-13-. The Morgan fingerprint density at radius 2 is 2.07 bits per heavy atom. The van der Waals surface area contributed by atoms with Gasteiger partial charge in [0, 0.05) is 40.9 Å². The van der Waals surface area contributed by atoms with Crippen molar-refractivity contribution < 1.29 is 9.53 Å². The predicted octanol–water partition coefficient (Wildman–Crippen LogP) is 4.59. The first-order valence-electron chi connectivity index (χ1n) is 10.3. The number of benzene rings is 1. The normalized spacial score (nSPS) is 17.9. The number of carbonyl (C=O) groups excluding carboxylic acids is 1. The first kappa shape index (κ1) is 21.5. The molecule has 4 heteroatoms. The maximum Gasteiger partial charge on any atom is 0.160 e. The molecule has 150 valence electrons. The molecule has 0 saturated carbocycles. The van der Waals surface area contributed by atoms with Crippen LogP contribution in [0.25, 0.3) is 5.70 Å². The third kappa shape index (κ3) is 5.35. The lowest BCUT2D eigenvalue weighted by Gasteiger charge is -2.36. The van der Waals surface area contributed by atoms with E-state index in [-0.39, 0.29) is 17.2 Å². The van der Waals surface area contributed by atoms with Gasteiger partial charge in [0.1, 0.15) is 5.75 Å². The second-order valence-electron chi connectivity index (χ2n) is 8.27. The molecular formula is C23H36N2O2. The lowest BCUT2D eigenvalue weighted by Crippen LogP contribution is -2.44. The quantitative estimate of drug-likeness (QED) is 0.491. The second kappa shape index (κ2) is 9.41. The van der Waals surface area contributed by atoms with Crippen molar-refractivity contribution in [1.82, 2.24) is 5.32 Å². The number of hydrogen-bond acceptors (Lipinski definition) is 4. The number of carbonyl (C=O) groups is 1. The Balaban J connectivity index is 2.38. The highest BCUT2D eigenvalue weighted by molar-refractivity contribution is 5.98. The van der Waals surface area contributed by atoms with E-state index in [1.54, 1.807) is 7.11 Å². The van der Waals surface area contributed by atoms with Crippen LogP contribution >= 0.6 is 0 Å². The SMILES string of the molecule is CCCCCC(CC)C(=O)/C=C1\NC(C)(C)Cc2cc(OC)c(CN)cc21. The number of fused-ring (bicyclic) bond motifs is 1. The molecule has 1 aromatic rings. The van der Waals surface area contributed by atoms with Crippen LogP contribution in [-0.4, -0.2) is 18.4 Å². The smallest absolute Gasteiger partial charge is 0.160 e. The third-order valence-electron chi connectivity index (χ3n) is 5.46.